The number of hydrogen-bond acceptors (Lipinski definition) is 6. The number of rotatable bonds is 10. The van der Waals surface area contributed by atoms with E-state index in [0.29, 0.717) is 22.7 Å². The zero-order valence-electron chi connectivity index (χ0n) is 22.4. The number of amides is 1. The Bertz CT molecular complexity index is 1240. The van der Waals surface area contributed by atoms with Gasteiger partial charge in [0, 0.05) is 22.6 Å². The van der Waals surface area contributed by atoms with Crippen LogP contribution in [0.3, 0.4) is 0 Å². The minimum atomic E-state index is -0.722. The molecule has 0 aliphatic heterocycles. The number of anilines is 1. The van der Waals surface area contributed by atoms with Gasteiger partial charge in [-0.05, 0) is 56.7 Å². The maximum Gasteiger partial charge on any atom is 0.418 e. The monoisotopic (exact) mass is 518 g/mol. The van der Waals surface area contributed by atoms with Crippen molar-refractivity contribution >= 4 is 11.8 Å². The molecule has 200 valence electrons. The third-order valence-corrected chi connectivity index (χ3v) is 5.89. The van der Waals surface area contributed by atoms with E-state index < -0.39 is 23.5 Å². The van der Waals surface area contributed by atoms with Gasteiger partial charge in [0.05, 0.1) is 25.8 Å². The molecule has 0 spiro atoms. The fourth-order valence-corrected chi connectivity index (χ4v) is 4.18. The lowest BCUT2D eigenvalue weighted by Crippen LogP contribution is -2.33. The molecular formula is C30H34N2O6. The second-order valence-electron chi connectivity index (χ2n) is 9.69. The van der Waals surface area contributed by atoms with Gasteiger partial charge in [-0.1, -0.05) is 54.6 Å². The lowest BCUT2D eigenvalue weighted by molar-refractivity contribution is -0.483. The Labute approximate surface area is 223 Å². The van der Waals surface area contributed by atoms with Gasteiger partial charge in [0.2, 0.25) is 6.54 Å². The summed E-state index contributed by atoms with van der Waals surface area (Å²) in [6.07, 6.45) is 2.86. The number of carbonyl (C=O) groups excluding carboxylic acids is 1. The van der Waals surface area contributed by atoms with Crippen molar-refractivity contribution in [1.29, 1.82) is 0 Å². The van der Waals surface area contributed by atoms with Crippen LogP contribution in [0.2, 0.25) is 0 Å². The van der Waals surface area contributed by atoms with Crippen LogP contribution in [0.15, 0.2) is 91.1 Å². The Hall–Kier alpha value is -4.33. The SMILES string of the molecule is COc1ccc(N(/C=C/[C@@H](c2ccccc2)[C@@H](C[N+](=O)[O-])c2ccccc2OC)C(=O)OC(C)(C)C)cc1. The summed E-state index contributed by atoms with van der Waals surface area (Å²) in [6, 6.07) is 23.8. The van der Waals surface area contributed by atoms with Gasteiger partial charge >= 0.3 is 6.09 Å². The van der Waals surface area contributed by atoms with Gasteiger partial charge in [0.25, 0.3) is 0 Å². The van der Waals surface area contributed by atoms with Gasteiger partial charge in [-0.25, -0.2) is 4.79 Å². The summed E-state index contributed by atoms with van der Waals surface area (Å²) in [5.41, 5.74) is 1.41. The molecule has 0 aliphatic rings. The first kappa shape index (κ1) is 28.2. The second-order valence-corrected chi connectivity index (χ2v) is 9.69. The molecule has 0 unspecified atom stereocenters. The zero-order valence-corrected chi connectivity index (χ0v) is 22.4. The van der Waals surface area contributed by atoms with E-state index in [9.17, 15) is 14.9 Å². The Morgan fingerprint density at radius 2 is 1.58 bits per heavy atom. The highest BCUT2D eigenvalue weighted by atomic mass is 16.6. The Morgan fingerprint density at radius 3 is 2.16 bits per heavy atom. The first-order valence-corrected chi connectivity index (χ1v) is 12.3. The molecule has 0 bridgehead atoms. The Balaban J connectivity index is 2.13. The van der Waals surface area contributed by atoms with Gasteiger partial charge in [-0.3, -0.25) is 15.0 Å². The highest BCUT2D eigenvalue weighted by Crippen LogP contribution is 2.39. The van der Waals surface area contributed by atoms with Crippen LogP contribution in [0.25, 0.3) is 0 Å². The van der Waals surface area contributed by atoms with Crippen LogP contribution in [0.1, 0.15) is 43.7 Å². The summed E-state index contributed by atoms with van der Waals surface area (Å²) in [6.45, 7) is 5.05. The predicted molar refractivity (Wildman–Crippen MR) is 148 cm³/mol. The molecule has 0 fully saturated rings. The van der Waals surface area contributed by atoms with Crippen LogP contribution >= 0.6 is 0 Å². The maximum atomic E-state index is 13.3. The van der Waals surface area contributed by atoms with E-state index in [1.165, 1.54) is 4.90 Å². The second kappa shape index (κ2) is 12.8. The third kappa shape index (κ3) is 7.59. The molecule has 0 N–H and O–H groups in total. The Kier molecular flexibility index (Phi) is 9.49. The number of allylic oxidation sites excluding steroid dienone is 1. The number of nitrogens with zero attached hydrogens (tertiary/aromatic N) is 2. The van der Waals surface area contributed by atoms with Crippen molar-refractivity contribution in [1.82, 2.24) is 0 Å². The molecule has 1 amide bonds. The van der Waals surface area contributed by atoms with E-state index in [-0.39, 0.29) is 11.5 Å². The van der Waals surface area contributed by atoms with Gasteiger partial charge in [0.1, 0.15) is 17.1 Å². The fraction of sp³-hybridized carbons (Fsp3) is 0.300. The summed E-state index contributed by atoms with van der Waals surface area (Å²) in [5.74, 6) is 0.177. The van der Waals surface area contributed by atoms with Crippen LogP contribution in [-0.4, -0.2) is 37.4 Å². The number of benzene rings is 3. The summed E-state index contributed by atoms with van der Waals surface area (Å²) in [5, 5.41) is 11.8. The van der Waals surface area contributed by atoms with Crippen LogP contribution in [0.5, 0.6) is 11.5 Å². The minimum absolute atomic E-state index is 0.323. The van der Waals surface area contributed by atoms with E-state index in [4.69, 9.17) is 14.2 Å². The topological polar surface area (TPSA) is 91.1 Å². The zero-order chi connectivity index (χ0) is 27.7. The molecule has 8 heteroatoms. The molecule has 38 heavy (non-hydrogen) atoms. The third-order valence-electron chi connectivity index (χ3n) is 5.89. The molecule has 0 aliphatic carbocycles. The van der Waals surface area contributed by atoms with Crippen molar-refractivity contribution in [3.8, 4) is 11.5 Å². The van der Waals surface area contributed by atoms with Gasteiger partial charge in [0.15, 0.2) is 0 Å². The van der Waals surface area contributed by atoms with Crippen molar-refractivity contribution in [2.45, 2.75) is 38.2 Å². The lowest BCUT2D eigenvalue weighted by Gasteiger charge is -2.27. The Morgan fingerprint density at radius 1 is 0.947 bits per heavy atom. The molecule has 0 radical (unpaired) electrons. The standard InChI is InChI=1S/C30H34N2O6/c1-30(2,3)38-29(33)31(23-15-17-24(36-4)18-16-23)20-19-25(22-11-7-6-8-12-22)27(21-32(34)35)26-13-9-10-14-28(26)37-5/h6-20,25,27H,21H2,1-5H3/b20-19+/t25-,27+/m0/s1. The molecule has 0 heterocycles. The van der Waals surface area contributed by atoms with Crippen molar-refractivity contribution in [3.05, 3.63) is 112 Å². The average Bonchev–Trinajstić information content (AvgIpc) is 2.89. The van der Waals surface area contributed by atoms with Crippen LogP contribution in [0, 0.1) is 10.1 Å². The molecule has 3 aromatic rings. The molecule has 0 aromatic heterocycles. The summed E-state index contributed by atoms with van der Waals surface area (Å²) < 4.78 is 16.5. The smallest absolute Gasteiger partial charge is 0.418 e. The van der Waals surface area contributed by atoms with E-state index >= 15 is 0 Å². The number of nitro groups is 1. The number of hydrogen-bond donors (Lipinski definition) is 0. The quantitative estimate of drug-likeness (QED) is 0.216. The average molecular weight is 519 g/mol. The van der Waals surface area contributed by atoms with Crippen molar-refractivity contribution in [3.63, 3.8) is 0 Å². The van der Waals surface area contributed by atoms with Crippen LogP contribution in [-0.2, 0) is 4.74 Å². The van der Waals surface area contributed by atoms with Gasteiger partial charge in [-0.2, -0.15) is 0 Å². The van der Waals surface area contributed by atoms with Gasteiger partial charge in [-0.15, -0.1) is 0 Å². The molecule has 3 rings (SSSR count). The molecular weight excluding hydrogens is 484 g/mol. The van der Waals surface area contributed by atoms with Gasteiger partial charge < -0.3 is 14.2 Å². The molecule has 8 nitrogen and oxygen atoms in total. The van der Waals surface area contributed by atoms with E-state index in [1.54, 1.807) is 71.5 Å². The predicted octanol–water partition coefficient (Wildman–Crippen LogP) is 6.80. The van der Waals surface area contributed by atoms with Crippen LogP contribution < -0.4 is 14.4 Å². The number of methoxy groups -OCH3 is 2. The molecule has 3 aromatic carbocycles. The number of ether oxygens (including phenoxy) is 3. The van der Waals surface area contributed by atoms with Crippen molar-refractivity contribution in [2.24, 2.45) is 0 Å². The summed E-state index contributed by atoms with van der Waals surface area (Å²) >= 11 is 0. The number of carbonyl (C=O) groups is 1. The van der Waals surface area contributed by atoms with E-state index in [2.05, 4.69) is 0 Å². The fourth-order valence-electron chi connectivity index (χ4n) is 4.18. The molecule has 0 saturated heterocycles. The van der Waals surface area contributed by atoms with Crippen LogP contribution in [0.4, 0.5) is 10.5 Å². The molecule has 2 atom stereocenters. The highest BCUT2D eigenvalue weighted by Gasteiger charge is 2.31. The minimum Gasteiger partial charge on any atom is -0.497 e. The van der Waals surface area contributed by atoms with E-state index in [0.717, 1.165) is 5.56 Å². The number of para-hydroxylation sites is 1. The normalized spacial score (nSPS) is 13.0. The summed E-state index contributed by atoms with van der Waals surface area (Å²) in [7, 11) is 3.11. The first-order valence-electron chi connectivity index (χ1n) is 12.3. The first-order chi connectivity index (χ1) is 18.1. The van der Waals surface area contributed by atoms with Crippen molar-refractivity contribution < 1.29 is 23.9 Å². The largest absolute Gasteiger partial charge is 0.497 e. The highest BCUT2D eigenvalue weighted by molar-refractivity contribution is 5.90. The molecule has 0 saturated carbocycles. The summed E-state index contributed by atoms with van der Waals surface area (Å²) in [4.78, 5) is 26.2. The lowest BCUT2D eigenvalue weighted by atomic mass is 9.81. The van der Waals surface area contributed by atoms with Crippen molar-refractivity contribution in [2.75, 3.05) is 25.7 Å². The maximum absolute atomic E-state index is 13.3. The van der Waals surface area contributed by atoms with E-state index in [1.807, 2.05) is 54.6 Å².